The Morgan fingerprint density at radius 2 is 2.00 bits per heavy atom. The number of hydrogen-bond donors (Lipinski definition) is 2. The second kappa shape index (κ2) is 10.7. The Labute approximate surface area is 126 Å². The highest BCUT2D eigenvalue weighted by Crippen LogP contribution is 2.01. The van der Waals surface area contributed by atoms with Crippen LogP contribution in [0, 0.1) is 11.8 Å². The zero-order chi connectivity index (χ0) is 15.3. The Morgan fingerprint density at radius 1 is 1.24 bits per heavy atom. The highest BCUT2D eigenvalue weighted by atomic mass is 16.5. The summed E-state index contributed by atoms with van der Waals surface area (Å²) < 4.78 is 4.83. The number of benzene rings is 1. The molecule has 5 nitrogen and oxygen atoms in total. The van der Waals surface area contributed by atoms with Crippen molar-refractivity contribution in [3.8, 4) is 11.8 Å². The number of rotatable bonds is 7. The van der Waals surface area contributed by atoms with Crippen molar-refractivity contribution in [3.05, 3.63) is 35.9 Å². The summed E-state index contributed by atoms with van der Waals surface area (Å²) >= 11 is 0. The zero-order valence-electron chi connectivity index (χ0n) is 12.7. The smallest absolute Gasteiger partial charge is 0.315 e. The lowest BCUT2D eigenvalue weighted by Crippen LogP contribution is -2.37. The first-order chi connectivity index (χ1) is 10.2. The van der Waals surface area contributed by atoms with E-state index in [2.05, 4.69) is 39.5 Å². The third-order valence-electron chi connectivity index (χ3n) is 2.70. The van der Waals surface area contributed by atoms with Crippen molar-refractivity contribution in [3.63, 3.8) is 0 Å². The fourth-order valence-electron chi connectivity index (χ4n) is 1.66. The number of urea groups is 1. The molecule has 0 bridgehead atoms. The van der Waals surface area contributed by atoms with Crippen LogP contribution in [-0.2, 0) is 11.3 Å². The van der Waals surface area contributed by atoms with E-state index in [1.807, 2.05) is 25.2 Å². The molecule has 5 heteroatoms. The molecule has 0 aliphatic heterocycles. The van der Waals surface area contributed by atoms with E-state index in [0.29, 0.717) is 26.2 Å². The van der Waals surface area contributed by atoms with Gasteiger partial charge in [0.15, 0.2) is 0 Å². The van der Waals surface area contributed by atoms with Gasteiger partial charge in [-0.3, -0.25) is 4.90 Å². The van der Waals surface area contributed by atoms with Crippen LogP contribution in [0.2, 0.25) is 0 Å². The van der Waals surface area contributed by atoms with Crippen molar-refractivity contribution >= 4 is 6.03 Å². The number of carbonyl (C=O) groups excluding carboxylic acids is 1. The van der Waals surface area contributed by atoms with E-state index in [-0.39, 0.29) is 6.03 Å². The maximum Gasteiger partial charge on any atom is 0.315 e. The van der Waals surface area contributed by atoms with Gasteiger partial charge in [0.25, 0.3) is 0 Å². The van der Waals surface area contributed by atoms with E-state index < -0.39 is 0 Å². The topological polar surface area (TPSA) is 53.6 Å². The molecule has 0 aromatic heterocycles. The predicted molar refractivity (Wildman–Crippen MR) is 83.8 cm³/mol. The van der Waals surface area contributed by atoms with Crippen LogP contribution in [0.3, 0.4) is 0 Å². The van der Waals surface area contributed by atoms with Crippen molar-refractivity contribution in [2.24, 2.45) is 0 Å². The Balaban J connectivity index is 2.13. The molecule has 0 unspecified atom stereocenters. The fraction of sp³-hybridized carbons (Fsp3) is 0.438. The lowest BCUT2D eigenvalue weighted by Gasteiger charge is -2.12. The molecule has 2 N–H and O–H groups in total. The summed E-state index contributed by atoms with van der Waals surface area (Å²) in [6.07, 6.45) is 0. The second-order valence-electron chi connectivity index (χ2n) is 4.61. The van der Waals surface area contributed by atoms with E-state index >= 15 is 0 Å². The van der Waals surface area contributed by atoms with E-state index in [9.17, 15) is 4.79 Å². The number of carbonyl (C=O) groups is 1. The summed E-state index contributed by atoms with van der Waals surface area (Å²) in [6.45, 7) is 2.87. The van der Waals surface area contributed by atoms with Crippen LogP contribution in [0.25, 0.3) is 0 Å². The van der Waals surface area contributed by atoms with Crippen LogP contribution in [-0.4, -0.2) is 51.3 Å². The summed E-state index contributed by atoms with van der Waals surface area (Å²) in [6, 6.07) is 10.0. The van der Waals surface area contributed by atoms with Crippen LogP contribution in [0.15, 0.2) is 30.3 Å². The van der Waals surface area contributed by atoms with E-state index in [1.165, 1.54) is 5.56 Å². The summed E-state index contributed by atoms with van der Waals surface area (Å²) in [5.41, 5.74) is 1.26. The zero-order valence-corrected chi connectivity index (χ0v) is 12.7. The van der Waals surface area contributed by atoms with Crippen molar-refractivity contribution in [1.29, 1.82) is 0 Å². The van der Waals surface area contributed by atoms with Crippen LogP contribution in [0.1, 0.15) is 5.56 Å². The van der Waals surface area contributed by atoms with Crippen LogP contribution in [0.4, 0.5) is 4.79 Å². The van der Waals surface area contributed by atoms with Gasteiger partial charge in [0.1, 0.15) is 0 Å². The first-order valence-electron chi connectivity index (χ1n) is 6.91. The summed E-state index contributed by atoms with van der Waals surface area (Å²) in [5, 5.41) is 5.33. The summed E-state index contributed by atoms with van der Waals surface area (Å²) in [5.74, 6) is 5.97. The van der Waals surface area contributed by atoms with E-state index in [0.717, 1.165) is 6.54 Å². The lowest BCUT2D eigenvalue weighted by atomic mass is 10.2. The second-order valence-corrected chi connectivity index (χ2v) is 4.61. The molecule has 0 atom stereocenters. The molecule has 0 radical (unpaired) electrons. The fourth-order valence-corrected chi connectivity index (χ4v) is 1.66. The van der Waals surface area contributed by atoms with Gasteiger partial charge in [-0.2, -0.15) is 0 Å². The van der Waals surface area contributed by atoms with Gasteiger partial charge in [-0.25, -0.2) is 4.79 Å². The first kappa shape index (κ1) is 17.0. The molecule has 2 amide bonds. The average Bonchev–Trinajstić information content (AvgIpc) is 2.48. The Bertz CT molecular complexity index is 465. The highest BCUT2D eigenvalue weighted by Gasteiger charge is 1.97. The lowest BCUT2D eigenvalue weighted by molar-refractivity contribution is 0.196. The molecule has 0 aliphatic carbocycles. The van der Waals surface area contributed by atoms with Gasteiger partial charge in [-0.15, -0.1) is 0 Å². The molecule has 21 heavy (non-hydrogen) atoms. The highest BCUT2D eigenvalue weighted by molar-refractivity contribution is 5.74. The molecular weight excluding hydrogens is 266 g/mol. The molecule has 0 saturated carbocycles. The molecule has 0 aliphatic rings. The Kier molecular flexibility index (Phi) is 8.69. The monoisotopic (exact) mass is 289 g/mol. The number of methoxy groups -OCH3 is 1. The van der Waals surface area contributed by atoms with Gasteiger partial charge in [0, 0.05) is 20.2 Å². The average molecular weight is 289 g/mol. The van der Waals surface area contributed by atoms with Gasteiger partial charge in [-0.05, 0) is 12.6 Å². The standard InChI is InChI=1S/C16H23N3O2/c1-19(14-15-8-4-3-5-9-15)12-7-6-10-17-16(20)18-11-13-21-2/h3-5,8-9H,10-14H2,1-2H3,(H2,17,18,20). The number of amides is 2. The van der Waals surface area contributed by atoms with E-state index in [1.54, 1.807) is 7.11 Å². The van der Waals surface area contributed by atoms with Crippen LogP contribution < -0.4 is 10.6 Å². The maximum atomic E-state index is 11.3. The number of hydrogen-bond acceptors (Lipinski definition) is 3. The first-order valence-corrected chi connectivity index (χ1v) is 6.91. The summed E-state index contributed by atoms with van der Waals surface area (Å²) in [7, 11) is 3.61. The van der Waals surface area contributed by atoms with Gasteiger partial charge >= 0.3 is 6.03 Å². The van der Waals surface area contributed by atoms with Crippen molar-refractivity contribution < 1.29 is 9.53 Å². The van der Waals surface area contributed by atoms with Crippen molar-refractivity contribution in [2.45, 2.75) is 6.54 Å². The van der Waals surface area contributed by atoms with Crippen molar-refractivity contribution in [2.75, 3.05) is 40.4 Å². The third-order valence-corrected chi connectivity index (χ3v) is 2.70. The van der Waals surface area contributed by atoms with Crippen LogP contribution in [0.5, 0.6) is 0 Å². The third kappa shape index (κ3) is 8.69. The molecule has 1 rings (SSSR count). The number of nitrogens with one attached hydrogen (secondary N) is 2. The Hall–Kier alpha value is -2.03. The number of ether oxygens (including phenoxy) is 1. The minimum atomic E-state index is -0.223. The molecule has 114 valence electrons. The summed E-state index contributed by atoms with van der Waals surface area (Å²) in [4.78, 5) is 13.4. The molecule has 0 fully saturated rings. The van der Waals surface area contributed by atoms with Gasteiger partial charge in [0.05, 0.1) is 19.7 Å². The SMILES string of the molecule is COCCNC(=O)NCC#CCN(C)Cc1ccccc1. The minimum Gasteiger partial charge on any atom is -0.383 e. The molecule has 0 heterocycles. The largest absolute Gasteiger partial charge is 0.383 e. The van der Waals surface area contributed by atoms with Gasteiger partial charge < -0.3 is 15.4 Å². The Morgan fingerprint density at radius 3 is 2.71 bits per heavy atom. The molecular formula is C16H23N3O2. The predicted octanol–water partition coefficient (Wildman–Crippen LogP) is 1.07. The number of nitrogens with zero attached hydrogens (tertiary/aromatic N) is 1. The van der Waals surface area contributed by atoms with E-state index in [4.69, 9.17) is 4.74 Å². The maximum absolute atomic E-state index is 11.3. The molecule has 0 saturated heterocycles. The normalized spacial score (nSPS) is 9.86. The quantitative estimate of drug-likeness (QED) is 0.583. The minimum absolute atomic E-state index is 0.223. The van der Waals surface area contributed by atoms with Gasteiger partial charge in [-0.1, -0.05) is 42.2 Å². The van der Waals surface area contributed by atoms with Crippen LogP contribution >= 0.6 is 0 Å². The molecule has 1 aromatic rings. The van der Waals surface area contributed by atoms with Gasteiger partial charge in [0.2, 0.25) is 0 Å². The van der Waals surface area contributed by atoms with Crippen molar-refractivity contribution in [1.82, 2.24) is 15.5 Å². The molecule has 0 spiro atoms. The molecule has 1 aromatic carbocycles.